The Morgan fingerprint density at radius 1 is 0.467 bits per heavy atom. The van der Waals surface area contributed by atoms with Gasteiger partial charge in [-0.25, -0.2) is 0 Å². The molecule has 0 aliphatic carbocycles. The molecule has 1 aromatic heterocycles. The minimum Gasteiger partial charge on any atom is -0.0622 e. The van der Waals surface area contributed by atoms with Gasteiger partial charge in [-0.3, -0.25) is 0 Å². The van der Waals surface area contributed by atoms with E-state index in [1.165, 1.54) is 63.6 Å². The first-order valence-electron chi connectivity index (χ1n) is 10.3. The molecule has 7 rings (SSSR count). The molecule has 0 nitrogen and oxygen atoms in total. The van der Waals surface area contributed by atoms with E-state index >= 15 is 0 Å². The van der Waals surface area contributed by atoms with Gasteiger partial charge in [-0.15, -0.1) is 0 Å². The predicted octanol–water partition coefficient (Wildman–Crippen LogP) is 8.90. The molecule has 1 heterocycles. The van der Waals surface area contributed by atoms with Crippen molar-refractivity contribution in [3.8, 4) is 11.1 Å². The van der Waals surface area contributed by atoms with Crippen LogP contribution in [0.25, 0.3) is 63.6 Å². The van der Waals surface area contributed by atoms with Gasteiger partial charge in [0.1, 0.15) is 0 Å². The zero-order chi connectivity index (χ0) is 19.7. The van der Waals surface area contributed by atoms with Crippen molar-refractivity contribution in [1.82, 2.24) is 0 Å². The first kappa shape index (κ1) is 16.3. The Labute approximate surface area is 178 Å². The maximum Gasteiger partial charge on any atom is 0.247 e. The molecule has 0 aliphatic heterocycles. The van der Waals surface area contributed by atoms with Crippen LogP contribution in [0, 0.1) is 0 Å². The van der Waals surface area contributed by atoms with Crippen LogP contribution in [0.5, 0.6) is 0 Å². The van der Waals surface area contributed by atoms with Crippen molar-refractivity contribution in [2.24, 2.45) is 0 Å². The molecule has 0 spiro atoms. The summed E-state index contributed by atoms with van der Waals surface area (Å²) in [6, 6.07) is 37.8. The molecule has 138 valence electrons. The van der Waals surface area contributed by atoms with Gasteiger partial charge in [-0.2, -0.15) is 0 Å². The molecule has 0 radical (unpaired) electrons. The minimum absolute atomic E-state index is 1.28. The summed E-state index contributed by atoms with van der Waals surface area (Å²) in [5, 5.41) is 10.8. The summed E-state index contributed by atoms with van der Waals surface area (Å²) in [5.74, 6) is 0. The maximum atomic E-state index is 2.41. The molecule has 0 aliphatic rings. The number of hydrogen-bond acceptors (Lipinski definition) is 0. The summed E-state index contributed by atoms with van der Waals surface area (Å²) < 4.78 is 2.71. The first-order chi connectivity index (χ1) is 14.9. The van der Waals surface area contributed by atoms with E-state index in [9.17, 15) is 0 Å². The van der Waals surface area contributed by atoms with Crippen molar-refractivity contribution in [3.63, 3.8) is 0 Å². The lowest BCUT2D eigenvalue weighted by Gasteiger charge is -2.12. The van der Waals surface area contributed by atoms with Crippen LogP contribution in [0.3, 0.4) is 0 Å². The summed E-state index contributed by atoms with van der Waals surface area (Å²) in [5.41, 5.74) is 2.62. The van der Waals surface area contributed by atoms with Crippen LogP contribution in [-0.2, 0) is 0 Å². The molecular formula is C29H17S+. The fraction of sp³-hybridized carbons (Fsp3) is 0. The molecule has 0 saturated carbocycles. The van der Waals surface area contributed by atoms with Gasteiger partial charge in [0, 0.05) is 33.2 Å². The lowest BCUT2D eigenvalue weighted by atomic mass is 9.91. The molecule has 1 heteroatoms. The fourth-order valence-electron chi connectivity index (χ4n) is 5.01. The molecular weight excluding hydrogens is 380 g/mol. The van der Waals surface area contributed by atoms with Gasteiger partial charge >= 0.3 is 0 Å². The van der Waals surface area contributed by atoms with Crippen LogP contribution in [0.2, 0.25) is 0 Å². The third-order valence-electron chi connectivity index (χ3n) is 6.30. The van der Waals surface area contributed by atoms with Crippen LogP contribution in [0.1, 0.15) is 0 Å². The van der Waals surface area contributed by atoms with Crippen molar-refractivity contribution in [3.05, 3.63) is 103 Å². The fourth-order valence-corrected chi connectivity index (χ4v) is 6.21. The summed E-state index contributed by atoms with van der Waals surface area (Å²) in [7, 11) is 0. The second-order valence-corrected chi connectivity index (χ2v) is 9.00. The quantitative estimate of drug-likeness (QED) is 0.147. The number of hydrogen-bond donors (Lipinski definition) is 0. The Bertz CT molecular complexity index is 1710. The van der Waals surface area contributed by atoms with Crippen molar-refractivity contribution < 1.29 is 0 Å². The summed E-state index contributed by atoms with van der Waals surface area (Å²) in [4.78, 5) is 0. The molecule has 0 amide bonds. The smallest absolute Gasteiger partial charge is 0.0622 e. The van der Waals surface area contributed by atoms with Gasteiger partial charge in [0.05, 0.1) is 0 Å². The Balaban J connectivity index is 1.79. The van der Waals surface area contributed by atoms with Gasteiger partial charge in [-0.1, -0.05) is 78.9 Å². The van der Waals surface area contributed by atoms with E-state index in [2.05, 4.69) is 103 Å². The van der Waals surface area contributed by atoms with Gasteiger partial charge in [0.15, 0.2) is 0 Å². The van der Waals surface area contributed by atoms with Crippen molar-refractivity contribution in [1.29, 1.82) is 0 Å². The third-order valence-corrected chi connectivity index (χ3v) is 7.52. The number of fused-ring (bicyclic) bond motifs is 3. The minimum atomic E-state index is 1.28. The number of benzene rings is 6. The standard InChI is InChI=1S/C29H17S/c1-2-7-18(8-3-1)27-22-11-4-5-12-25(22)30-29-23-16-15-20-10-6-9-19-13-14-21(17-24(27)29)28(23)26(19)20/h1-17H/q+1. The number of rotatable bonds is 1. The van der Waals surface area contributed by atoms with Crippen LogP contribution in [0.15, 0.2) is 103 Å². The first-order valence-corrected chi connectivity index (χ1v) is 11.1. The SMILES string of the molecule is c1ccc(-c2c3ccccc3[s+]c3c2cc2ccc4cccc5ccc3c2c45)cc1. The Hall–Kier alpha value is -3.55. The molecule has 0 fully saturated rings. The zero-order valence-corrected chi connectivity index (χ0v) is 17.0. The monoisotopic (exact) mass is 397 g/mol. The molecule has 0 saturated heterocycles. The normalized spacial score (nSPS) is 12.0. The van der Waals surface area contributed by atoms with Crippen LogP contribution >= 0.6 is 11.3 Å². The van der Waals surface area contributed by atoms with Gasteiger partial charge in [-0.05, 0) is 45.3 Å². The van der Waals surface area contributed by atoms with E-state index in [0.717, 1.165) is 0 Å². The van der Waals surface area contributed by atoms with E-state index in [0.29, 0.717) is 0 Å². The predicted molar refractivity (Wildman–Crippen MR) is 133 cm³/mol. The average molecular weight is 398 g/mol. The highest BCUT2D eigenvalue weighted by Crippen LogP contribution is 2.45. The molecule has 0 atom stereocenters. The second kappa shape index (κ2) is 5.98. The lowest BCUT2D eigenvalue weighted by molar-refractivity contribution is 1.69. The van der Waals surface area contributed by atoms with E-state index in [-0.39, 0.29) is 0 Å². The summed E-state index contributed by atoms with van der Waals surface area (Å²) in [6.45, 7) is 0. The Morgan fingerprint density at radius 2 is 1.20 bits per heavy atom. The van der Waals surface area contributed by atoms with Gasteiger partial charge < -0.3 is 0 Å². The largest absolute Gasteiger partial charge is 0.247 e. The average Bonchev–Trinajstić information content (AvgIpc) is 2.81. The lowest BCUT2D eigenvalue weighted by Crippen LogP contribution is -1.88. The topological polar surface area (TPSA) is 0 Å². The second-order valence-electron chi connectivity index (χ2n) is 7.95. The van der Waals surface area contributed by atoms with Gasteiger partial charge in [0.25, 0.3) is 0 Å². The van der Waals surface area contributed by atoms with Crippen LogP contribution in [-0.4, -0.2) is 0 Å². The Morgan fingerprint density at radius 3 is 2.07 bits per heavy atom. The van der Waals surface area contributed by atoms with Crippen molar-refractivity contribution >= 4 is 63.8 Å². The molecule has 0 unspecified atom stereocenters. The third kappa shape index (κ3) is 2.13. The highest BCUT2D eigenvalue weighted by atomic mass is 32.1. The zero-order valence-electron chi connectivity index (χ0n) is 16.2. The molecule has 0 N–H and O–H groups in total. The summed E-state index contributed by atoms with van der Waals surface area (Å²) >= 11 is 1.91. The van der Waals surface area contributed by atoms with E-state index in [4.69, 9.17) is 0 Å². The molecule has 30 heavy (non-hydrogen) atoms. The highest BCUT2D eigenvalue weighted by molar-refractivity contribution is 7.25. The van der Waals surface area contributed by atoms with Gasteiger partial charge in [0.2, 0.25) is 20.7 Å². The summed E-state index contributed by atoms with van der Waals surface area (Å²) in [6.07, 6.45) is 0. The van der Waals surface area contributed by atoms with E-state index in [1.807, 2.05) is 11.3 Å². The van der Waals surface area contributed by atoms with Crippen LogP contribution < -0.4 is 0 Å². The maximum absolute atomic E-state index is 2.41. The van der Waals surface area contributed by atoms with E-state index < -0.39 is 0 Å². The molecule has 0 bridgehead atoms. The van der Waals surface area contributed by atoms with Crippen molar-refractivity contribution in [2.45, 2.75) is 0 Å². The molecule has 7 aromatic rings. The Kier molecular flexibility index (Phi) is 3.24. The van der Waals surface area contributed by atoms with E-state index in [1.54, 1.807) is 0 Å². The highest BCUT2D eigenvalue weighted by Gasteiger charge is 2.23. The van der Waals surface area contributed by atoms with Crippen molar-refractivity contribution in [2.75, 3.05) is 0 Å². The van der Waals surface area contributed by atoms with Crippen LogP contribution in [0.4, 0.5) is 0 Å². The molecule has 6 aromatic carbocycles.